The standard InChI is InChI=1S/C19H17N3O5/c1-21(19(24)12-3-6-15(7-4-12)22(25)26)11-14-9-13-5-8-16(27-2)10-17(13)20-18(14)23/h3-10H,11H2,1-2H3,(H,20,23). The van der Waals surface area contributed by atoms with Gasteiger partial charge < -0.3 is 14.6 Å². The number of fused-ring (bicyclic) bond motifs is 1. The zero-order valence-corrected chi connectivity index (χ0v) is 14.8. The van der Waals surface area contributed by atoms with Crippen LogP contribution in [0.1, 0.15) is 15.9 Å². The number of non-ortho nitro benzene ring substituents is 1. The number of pyridine rings is 1. The van der Waals surface area contributed by atoms with E-state index >= 15 is 0 Å². The number of nitrogens with one attached hydrogen (secondary N) is 1. The summed E-state index contributed by atoms with van der Waals surface area (Å²) in [6, 6.07) is 12.4. The number of nitro benzene ring substituents is 1. The van der Waals surface area contributed by atoms with Crippen LogP contribution in [0.3, 0.4) is 0 Å². The van der Waals surface area contributed by atoms with E-state index < -0.39 is 4.92 Å². The zero-order valence-electron chi connectivity index (χ0n) is 14.8. The molecule has 3 rings (SSSR count). The number of hydrogen-bond acceptors (Lipinski definition) is 5. The predicted molar refractivity (Wildman–Crippen MR) is 100 cm³/mol. The Kier molecular flexibility index (Phi) is 4.89. The number of aromatic amines is 1. The third-order valence-electron chi connectivity index (χ3n) is 4.21. The van der Waals surface area contributed by atoms with Gasteiger partial charge >= 0.3 is 0 Å². The van der Waals surface area contributed by atoms with Gasteiger partial charge in [0.05, 0.1) is 24.1 Å². The van der Waals surface area contributed by atoms with E-state index in [0.717, 1.165) is 5.39 Å². The van der Waals surface area contributed by atoms with Gasteiger partial charge in [-0.1, -0.05) is 0 Å². The molecule has 0 radical (unpaired) electrons. The predicted octanol–water partition coefficient (Wildman–Crippen LogP) is 2.72. The molecule has 1 N–H and O–H groups in total. The first-order valence-electron chi connectivity index (χ1n) is 8.09. The van der Waals surface area contributed by atoms with Crippen LogP contribution in [0.25, 0.3) is 10.9 Å². The number of carbonyl (C=O) groups excluding carboxylic acids is 1. The molecule has 3 aromatic rings. The van der Waals surface area contributed by atoms with Crippen LogP contribution in [0, 0.1) is 10.1 Å². The Morgan fingerprint density at radius 2 is 1.89 bits per heavy atom. The van der Waals surface area contributed by atoms with Gasteiger partial charge in [0.1, 0.15) is 5.75 Å². The van der Waals surface area contributed by atoms with Crippen molar-refractivity contribution < 1.29 is 14.5 Å². The van der Waals surface area contributed by atoms with Crippen LogP contribution in [0.4, 0.5) is 5.69 Å². The molecule has 1 heterocycles. The molecule has 0 aliphatic heterocycles. The molecule has 8 nitrogen and oxygen atoms in total. The summed E-state index contributed by atoms with van der Waals surface area (Å²) in [4.78, 5) is 39.2. The van der Waals surface area contributed by atoms with Gasteiger partial charge in [-0.3, -0.25) is 19.7 Å². The highest BCUT2D eigenvalue weighted by Gasteiger charge is 2.15. The highest BCUT2D eigenvalue weighted by molar-refractivity contribution is 5.94. The Morgan fingerprint density at radius 3 is 2.52 bits per heavy atom. The first kappa shape index (κ1) is 18.1. The van der Waals surface area contributed by atoms with Crippen molar-refractivity contribution in [3.63, 3.8) is 0 Å². The fourth-order valence-electron chi connectivity index (χ4n) is 2.74. The Hall–Kier alpha value is -3.68. The van der Waals surface area contributed by atoms with Gasteiger partial charge in [-0.2, -0.15) is 0 Å². The third-order valence-corrected chi connectivity index (χ3v) is 4.21. The van der Waals surface area contributed by atoms with Gasteiger partial charge in [-0.25, -0.2) is 0 Å². The number of carbonyl (C=O) groups is 1. The molecule has 0 aliphatic carbocycles. The molecule has 0 spiro atoms. The Bertz CT molecular complexity index is 1070. The molecule has 0 bridgehead atoms. The fourth-order valence-corrected chi connectivity index (χ4v) is 2.74. The lowest BCUT2D eigenvalue weighted by Gasteiger charge is -2.17. The van der Waals surface area contributed by atoms with Crippen molar-refractivity contribution in [2.24, 2.45) is 0 Å². The monoisotopic (exact) mass is 367 g/mol. The first-order chi connectivity index (χ1) is 12.9. The molecule has 0 unspecified atom stereocenters. The molecule has 0 saturated carbocycles. The molecular weight excluding hydrogens is 350 g/mol. The van der Waals surface area contributed by atoms with Gasteiger partial charge in [0.2, 0.25) is 0 Å². The highest BCUT2D eigenvalue weighted by atomic mass is 16.6. The number of amides is 1. The number of rotatable bonds is 5. The van der Waals surface area contributed by atoms with E-state index in [2.05, 4.69) is 4.98 Å². The number of nitrogens with zero attached hydrogens (tertiary/aromatic N) is 2. The SMILES string of the molecule is COc1ccc2cc(CN(C)C(=O)c3ccc([N+](=O)[O-])cc3)c(=O)[nH]c2c1. The maximum absolute atomic E-state index is 12.5. The van der Waals surface area contributed by atoms with Crippen molar-refractivity contribution in [2.75, 3.05) is 14.2 Å². The lowest BCUT2D eigenvalue weighted by atomic mass is 10.1. The van der Waals surface area contributed by atoms with Crippen molar-refractivity contribution in [1.82, 2.24) is 9.88 Å². The summed E-state index contributed by atoms with van der Waals surface area (Å²) in [7, 11) is 3.12. The number of hydrogen-bond donors (Lipinski definition) is 1. The van der Waals surface area contributed by atoms with E-state index in [1.54, 1.807) is 32.4 Å². The van der Waals surface area contributed by atoms with E-state index in [-0.39, 0.29) is 23.7 Å². The molecule has 0 fully saturated rings. The molecular formula is C19H17N3O5. The average Bonchev–Trinajstić information content (AvgIpc) is 2.67. The lowest BCUT2D eigenvalue weighted by molar-refractivity contribution is -0.384. The molecule has 0 atom stereocenters. The third kappa shape index (κ3) is 3.79. The van der Waals surface area contributed by atoms with Crippen LogP contribution in [0.5, 0.6) is 5.75 Å². The van der Waals surface area contributed by atoms with Crippen LogP contribution in [0.2, 0.25) is 0 Å². The molecule has 0 aliphatic rings. The summed E-state index contributed by atoms with van der Waals surface area (Å²) in [6.45, 7) is 0.104. The van der Waals surface area contributed by atoms with E-state index in [1.807, 2.05) is 6.07 Å². The Morgan fingerprint density at radius 1 is 1.19 bits per heavy atom. The summed E-state index contributed by atoms with van der Waals surface area (Å²) in [5.74, 6) is 0.301. The molecule has 0 saturated heterocycles. The minimum Gasteiger partial charge on any atom is -0.497 e. The molecule has 2 aromatic carbocycles. The van der Waals surface area contributed by atoms with Crippen molar-refractivity contribution in [2.45, 2.75) is 6.54 Å². The molecule has 138 valence electrons. The van der Waals surface area contributed by atoms with E-state index in [1.165, 1.54) is 29.2 Å². The van der Waals surface area contributed by atoms with Crippen molar-refractivity contribution in [3.8, 4) is 5.75 Å². The maximum atomic E-state index is 12.5. The van der Waals surface area contributed by atoms with Crippen LogP contribution < -0.4 is 10.3 Å². The number of nitro groups is 1. The molecule has 1 amide bonds. The summed E-state index contributed by atoms with van der Waals surface area (Å²) >= 11 is 0. The summed E-state index contributed by atoms with van der Waals surface area (Å²) in [5, 5.41) is 11.5. The minimum atomic E-state index is -0.526. The maximum Gasteiger partial charge on any atom is 0.269 e. The van der Waals surface area contributed by atoms with Crippen molar-refractivity contribution in [3.05, 3.63) is 80.1 Å². The van der Waals surface area contributed by atoms with Gasteiger partial charge in [0, 0.05) is 36.4 Å². The summed E-state index contributed by atoms with van der Waals surface area (Å²) in [6.07, 6.45) is 0. The van der Waals surface area contributed by atoms with Crippen molar-refractivity contribution >= 4 is 22.5 Å². The smallest absolute Gasteiger partial charge is 0.269 e. The average molecular weight is 367 g/mol. The molecule has 27 heavy (non-hydrogen) atoms. The number of ether oxygens (including phenoxy) is 1. The largest absolute Gasteiger partial charge is 0.497 e. The van der Waals surface area contributed by atoms with Gasteiger partial charge in [-0.05, 0) is 35.7 Å². The number of aromatic nitrogens is 1. The van der Waals surface area contributed by atoms with Crippen LogP contribution in [-0.4, -0.2) is 34.9 Å². The quantitative estimate of drug-likeness (QED) is 0.551. The zero-order chi connectivity index (χ0) is 19.6. The lowest BCUT2D eigenvalue weighted by Crippen LogP contribution is -2.29. The highest BCUT2D eigenvalue weighted by Crippen LogP contribution is 2.19. The van der Waals surface area contributed by atoms with Crippen LogP contribution in [-0.2, 0) is 6.54 Å². The normalized spacial score (nSPS) is 10.6. The molecule has 1 aromatic heterocycles. The second kappa shape index (κ2) is 7.28. The van der Waals surface area contributed by atoms with E-state index in [0.29, 0.717) is 22.4 Å². The van der Waals surface area contributed by atoms with Crippen LogP contribution in [0.15, 0.2) is 53.3 Å². The van der Waals surface area contributed by atoms with Gasteiger partial charge in [-0.15, -0.1) is 0 Å². The topological polar surface area (TPSA) is 106 Å². The number of H-pyrrole nitrogens is 1. The number of methoxy groups -OCH3 is 1. The van der Waals surface area contributed by atoms with Crippen molar-refractivity contribution in [1.29, 1.82) is 0 Å². The van der Waals surface area contributed by atoms with Gasteiger partial charge in [0.15, 0.2) is 0 Å². The van der Waals surface area contributed by atoms with Crippen LogP contribution >= 0.6 is 0 Å². The fraction of sp³-hybridized carbons (Fsp3) is 0.158. The van der Waals surface area contributed by atoms with Gasteiger partial charge in [0.25, 0.3) is 17.2 Å². The second-order valence-electron chi connectivity index (χ2n) is 6.04. The molecule has 8 heteroatoms. The second-order valence-corrected chi connectivity index (χ2v) is 6.04. The summed E-state index contributed by atoms with van der Waals surface area (Å²) in [5.41, 5.74) is 1.01. The Balaban J connectivity index is 1.83. The Labute approximate surface area is 154 Å². The van der Waals surface area contributed by atoms with E-state index in [4.69, 9.17) is 4.74 Å². The first-order valence-corrected chi connectivity index (χ1v) is 8.09. The number of benzene rings is 2. The summed E-state index contributed by atoms with van der Waals surface area (Å²) < 4.78 is 5.14. The van der Waals surface area contributed by atoms with E-state index in [9.17, 15) is 19.7 Å². The minimum absolute atomic E-state index is 0.0874.